The largest absolute Gasteiger partial charge is 0.477 e. The molecule has 0 aliphatic heterocycles. The zero-order chi connectivity index (χ0) is 18.8. The van der Waals surface area contributed by atoms with E-state index in [1.807, 2.05) is 19.3 Å². The Kier molecular flexibility index (Phi) is 5.12. The fraction of sp³-hybridized carbons (Fsp3) is 0.364. The summed E-state index contributed by atoms with van der Waals surface area (Å²) in [5.41, 5.74) is 13.9. The summed E-state index contributed by atoms with van der Waals surface area (Å²) >= 11 is 0. The highest BCUT2D eigenvalue weighted by atomic mass is 16.5. The van der Waals surface area contributed by atoms with Gasteiger partial charge >= 0.3 is 0 Å². The van der Waals surface area contributed by atoms with E-state index in [1.165, 1.54) is 5.56 Å². The average Bonchev–Trinajstić information content (AvgIpc) is 2.63. The molecule has 4 nitrogen and oxygen atoms in total. The number of benzene rings is 1. The van der Waals surface area contributed by atoms with E-state index in [0.717, 1.165) is 63.1 Å². The number of pyridine rings is 2. The van der Waals surface area contributed by atoms with Crippen LogP contribution in [0.2, 0.25) is 0 Å². The highest BCUT2D eigenvalue weighted by Crippen LogP contribution is 2.37. The van der Waals surface area contributed by atoms with Crippen LogP contribution in [0, 0.1) is 20.8 Å². The van der Waals surface area contributed by atoms with Crippen molar-refractivity contribution in [3.05, 3.63) is 46.9 Å². The third-order valence-corrected chi connectivity index (χ3v) is 4.97. The Balaban J connectivity index is 2.23. The number of fused-ring (bicyclic) bond motifs is 1. The molecule has 0 bridgehead atoms. The number of ether oxygens (including phenoxy) is 1. The van der Waals surface area contributed by atoms with Crippen molar-refractivity contribution in [1.29, 1.82) is 0 Å². The fourth-order valence-electron chi connectivity index (χ4n) is 3.48. The van der Waals surface area contributed by atoms with Gasteiger partial charge in [0.15, 0.2) is 0 Å². The first kappa shape index (κ1) is 18.2. The van der Waals surface area contributed by atoms with Crippen LogP contribution in [0.1, 0.15) is 42.7 Å². The van der Waals surface area contributed by atoms with Crippen molar-refractivity contribution in [2.75, 3.05) is 12.3 Å². The van der Waals surface area contributed by atoms with Crippen molar-refractivity contribution in [2.45, 2.75) is 47.5 Å². The summed E-state index contributed by atoms with van der Waals surface area (Å²) in [7, 11) is 0. The number of hydrogen-bond acceptors (Lipinski definition) is 4. The SMILES string of the molecule is CCCOc1ncc(-c2cc3cc(C)ncc3c(N)c2C)c(CC)c1C. The van der Waals surface area contributed by atoms with E-state index < -0.39 is 0 Å². The summed E-state index contributed by atoms with van der Waals surface area (Å²) in [5.74, 6) is 0.735. The minimum absolute atomic E-state index is 0.685. The third kappa shape index (κ3) is 3.12. The highest BCUT2D eigenvalue weighted by Gasteiger charge is 2.17. The lowest BCUT2D eigenvalue weighted by atomic mass is 9.91. The molecule has 0 atom stereocenters. The van der Waals surface area contributed by atoms with E-state index in [2.05, 4.69) is 49.8 Å². The van der Waals surface area contributed by atoms with Gasteiger partial charge in [-0.1, -0.05) is 13.8 Å². The molecule has 0 aliphatic carbocycles. The predicted molar refractivity (Wildman–Crippen MR) is 109 cm³/mol. The molecule has 26 heavy (non-hydrogen) atoms. The molecule has 0 spiro atoms. The van der Waals surface area contributed by atoms with Crippen LogP contribution < -0.4 is 10.5 Å². The molecule has 0 saturated carbocycles. The number of nitrogens with zero attached hydrogens (tertiary/aromatic N) is 2. The summed E-state index contributed by atoms with van der Waals surface area (Å²) in [6, 6.07) is 4.29. The standard InChI is InChI=1S/C22H27N3O/c1-6-8-26-22-15(5)17(7-2)20(12-25-22)18-10-16-9-13(3)24-11-19(16)21(23)14(18)4/h9-12H,6-8,23H2,1-5H3. The average molecular weight is 349 g/mol. The van der Waals surface area contributed by atoms with Gasteiger partial charge in [-0.15, -0.1) is 0 Å². The molecule has 2 N–H and O–H groups in total. The molecule has 0 amide bonds. The van der Waals surface area contributed by atoms with Crippen LogP contribution in [0.5, 0.6) is 5.88 Å². The van der Waals surface area contributed by atoms with Gasteiger partial charge in [0.2, 0.25) is 5.88 Å². The Morgan fingerprint density at radius 1 is 0.962 bits per heavy atom. The molecule has 4 heteroatoms. The number of nitrogens with two attached hydrogens (primary N) is 1. The number of hydrogen-bond donors (Lipinski definition) is 1. The van der Waals surface area contributed by atoms with Crippen molar-refractivity contribution < 1.29 is 4.74 Å². The number of nitrogen functional groups attached to an aromatic ring is 1. The smallest absolute Gasteiger partial charge is 0.216 e. The Labute approximate surface area is 155 Å². The second kappa shape index (κ2) is 7.32. The van der Waals surface area contributed by atoms with Gasteiger partial charge in [-0.05, 0) is 67.8 Å². The lowest BCUT2D eigenvalue weighted by Gasteiger charge is -2.18. The van der Waals surface area contributed by atoms with Crippen LogP contribution in [-0.2, 0) is 6.42 Å². The van der Waals surface area contributed by atoms with Crippen LogP contribution >= 0.6 is 0 Å². The normalized spacial score (nSPS) is 11.1. The first-order valence-corrected chi connectivity index (χ1v) is 9.24. The quantitative estimate of drug-likeness (QED) is 0.647. The monoisotopic (exact) mass is 349 g/mol. The van der Waals surface area contributed by atoms with Crippen LogP contribution in [0.4, 0.5) is 5.69 Å². The second-order valence-electron chi connectivity index (χ2n) is 6.79. The maximum Gasteiger partial charge on any atom is 0.216 e. The Morgan fingerprint density at radius 3 is 2.42 bits per heavy atom. The summed E-state index contributed by atoms with van der Waals surface area (Å²) < 4.78 is 5.82. The zero-order valence-electron chi connectivity index (χ0n) is 16.3. The number of rotatable bonds is 5. The minimum Gasteiger partial charge on any atom is -0.477 e. The lowest BCUT2D eigenvalue weighted by molar-refractivity contribution is 0.302. The van der Waals surface area contributed by atoms with Crippen molar-refractivity contribution in [3.63, 3.8) is 0 Å². The van der Waals surface area contributed by atoms with Gasteiger partial charge in [0.05, 0.1) is 6.61 Å². The highest BCUT2D eigenvalue weighted by molar-refractivity contribution is 5.99. The third-order valence-electron chi connectivity index (χ3n) is 4.97. The summed E-state index contributed by atoms with van der Waals surface area (Å²) in [5, 5.41) is 2.11. The maximum atomic E-state index is 6.45. The van der Waals surface area contributed by atoms with E-state index in [-0.39, 0.29) is 0 Å². The molecule has 3 aromatic rings. The van der Waals surface area contributed by atoms with E-state index in [1.54, 1.807) is 0 Å². The molecule has 0 unspecified atom stereocenters. The van der Waals surface area contributed by atoms with Crippen molar-refractivity contribution in [2.24, 2.45) is 0 Å². The molecular formula is C22H27N3O. The molecule has 2 aromatic heterocycles. The minimum atomic E-state index is 0.685. The van der Waals surface area contributed by atoms with Gasteiger partial charge in [-0.2, -0.15) is 0 Å². The number of anilines is 1. The maximum absolute atomic E-state index is 6.45. The lowest BCUT2D eigenvalue weighted by Crippen LogP contribution is -2.04. The van der Waals surface area contributed by atoms with E-state index in [0.29, 0.717) is 6.61 Å². The molecule has 1 aromatic carbocycles. The summed E-state index contributed by atoms with van der Waals surface area (Å²) in [6.45, 7) is 11.1. The van der Waals surface area contributed by atoms with Crippen LogP contribution in [0.15, 0.2) is 24.5 Å². The topological polar surface area (TPSA) is 61.0 Å². The first-order chi connectivity index (χ1) is 12.5. The van der Waals surface area contributed by atoms with Crippen LogP contribution in [-0.4, -0.2) is 16.6 Å². The summed E-state index contributed by atoms with van der Waals surface area (Å²) in [6.07, 6.45) is 5.68. The first-order valence-electron chi connectivity index (χ1n) is 9.24. The predicted octanol–water partition coefficient (Wildman–Crippen LogP) is 5.16. The van der Waals surface area contributed by atoms with E-state index >= 15 is 0 Å². The molecule has 0 fully saturated rings. The van der Waals surface area contributed by atoms with Gasteiger partial charge in [-0.25, -0.2) is 4.98 Å². The van der Waals surface area contributed by atoms with Gasteiger partial charge in [0, 0.05) is 40.3 Å². The molecule has 0 radical (unpaired) electrons. The summed E-state index contributed by atoms with van der Waals surface area (Å²) in [4.78, 5) is 8.98. The molecule has 136 valence electrons. The van der Waals surface area contributed by atoms with Crippen molar-refractivity contribution in [1.82, 2.24) is 9.97 Å². The van der Waals surface area contributed by atoms with Crippen LogP contribution in [0.3, 0.4) is 0 Å². The fourth-order valence-corrected chi connectivity index (χ4v) is 3.48. The molecule has 0 saturated heterocycles. The van der Waals surface area contributed by atoms with Crippen LogP contribution in [0.25, 0.3) is 21.9 Å². The molecular weight excluding hydrogens is 322 g/mol. The van der Waals surface area contributed by atoms with Gasteiger partial charge in [0.1, 0.15) is 0 Å². The van der Waals surface area contributed by atoms with E-state index in [9.17, 15) is 0 Å². The Bertz CT molecular complexity index is 963. The zero-order valence-corrected chi connectivity index (χ0v) is 16.3. The van der Waals surface area contributed by atoms with Gasteiger partial charge in [-0.3, -0.25) is 4.98 Å². The molecule has 2 heterocycles. The van der Waals surface area contributed by atoms with E-state index in [4.69, 9.17) is 10.5 Å². The number of aromatic nitrogens is 2. The van der Waals surface area contributed by atoms with Gasteiger partial charge < -0.3 is 10.5 Å². The Hall–Kier alpha value is -2.62. The van der Waals surface area contributed by atoms with Gasteiger partial charge in [0.25, 0.3) is 0 Å². The van der Waals surface area contributed by atoms with Crippen molar-refractivity contribution >= 4 is 16.5 Å². The second-order valence-corrected chi connectivity index (χ2v) is 6.79. The molecule has 0 aliphatic rings. The number of aryl methyl sites for hydroxylation is 1. The molecule has 3 rings (SSSR count). The van der Waals surface area contributed by atoms with Crippen molar-refractivity contribution in [3.8, 4) is 17.0 Å². The Morgan fingerprint density at radius 2 is 1.73 bits per heavy atom.